The molecule has 0 unspecified atom stereocenters. The molecule has 0 aromatic heterocycles. The van der Waals surface area contributed by atoms with E-state index in [1.165, 1.54) is 35.2 Å². The summed E-state index contributed by atoms with van der Waals surface area (Å²) in [5.74, 6) is -2.84. The van der Waals surface area contributed by atoms with Crippen LogP contribution in [0.15, 0.2) is 63.2 Å². The molecule has 14 nitrogen and oxygen atoms in total. The van der Waals surface area contributed by atoms with Gasteiger partial charge in [0.1, 0.15) is 17.0 Å². The molecule has 248 valence electrons. The van der Waals surface area contributed by atoms with Crippen LogP contribution in [0, 0.1) is 0 Å². The maximum atomic E-state index is 13.2. The third-order valence-electron chi connectivity index (χ3n) is 6.26. The Morgan fingerprint density at radius 3 is 2.20 bits per heavy atom. The van der Waals surface area contributed by atoms with Crippen molar-refractivity contribution in [1.29, 1.82) is 0 Å². The van der Waals surface area contributed by atoms with Gasteiger partial charge in [-0.1, -0.05) is 29.3 Å². The Kier molecular flexibility index (Phi) is 12.0. The van der Waals surface area contributed by atoms with Gasteiger partial charge in [-0.05, 0) is 70.0 Å². The number of sulfonamides is 1. The summed E-state index contributed by atoms with van der Waals surface area (Å²) in [7, 11) is -4.41. The molecule has 5 N–H and O–H groups in total. The van der Waals surface area contributed by atoms with Gasteiger partial charge < -0.3 is 35.8 Å². The standard InChI is InChI=1S/C29H33Cl2N5O9S/c1-29(2,3)45-28(41)36-13-11-17(12-14-36)34-27(40)25(32)22(35-26(39)24-20(30)5-4-6-21(24)31)15-33-46(42,43)19-9-7-18(8-10-19)44-16-23(37)38/h4-10,15,17H,11-14,16,32H2,1-3H3,(H,34,40)(H,35,39)(H,37,38)/b25-22+,33-15+. The SMILES string of the molecule is CC(C)(C)OC(=O)N1CCC(NC(=O)/C(N)=C(/C=N/S(=O)(=O)c2ccc(OCC(=O)O)cc2)NC(=O)c2c(Cl)cccc2Cl)CC1. The average molecular weight is 699 g/mol. The Balaban J connectivity index is 1.84. The number of allylic oxidation sites excluding steroid dienone is 1. The molecular weight excluding hydrogens is 665 g/mol. The van der Waals surface area contributed by atoms with E-state index >= 15 is 0 Å². The Labute approximate surface area is 275 Å². The molecule has 1 aliphatic rings. The first-order valence-corrected chi connectivity index (χ1v) is 16.0. The van der Waals surface area contributed by atoms with Crippen LogP contribution in [0.25, 0.3) is 0 Å². The number of piperidine rings is 1. The van der Waals surface area contributed by atoms with Crippen molar-refractivity contribution in [3.63, 3.8) is 0 Å². The van der Waals surface area contributed by atoms with Crippen LogP contribution in [0.4, 0.5) is 4.79 Å². The van der Waals surface area contributed by atoms with E-state index in [0.717, 1.165) is 12.1 Å². The van der Waals surface area contributed by atoms with Gasteiger partial charge in [-0.3, -0.25) is 9.59 Å². The van der Waals surface area contributed by atoms with Gasteiger partial charge in [0.2, 0.25) is 0 Å². The molecule has 3 rings (SSSR count). The second-order valence-electron chi connectivity index (χ2n) is 11.0. The van der Waals surface area contributed by atoms with E-state index < -0.39 is 63.5 Å². The lowest BCUT2D eigenvalue weighted by Crippen LogP contribution is -2.48. The maximum Gasteiger partial charge on any atom is 0.410 e. The predicted octanol–water partition coefficient (Wildman–Crippen LogP) is 3.33. The molecule has 0 atom stereocenters. The van der Waals surface area contributed by atoms with Gasteiger partial charge in [-0.25, -0.2) is 9.59 Å². The number of nitrogens with one attached hydrogen (secondary N) is 2. The Morgan fingerprint density at radius 2 is 1.65 bits per heavy atom. The highest BCUT2D eigenvalue weighted by molar-refractivity contribution is 7.90. The summed E-state index contributed by atoms with van der Waals surface area (Å²) in [4.78, 5) is 50.6. The average Bonchev–Trinajstić information content (AvgIpc) is 2.97. The Morgan fingerprint density at radius 1 is 1.07 bits per heavy atom. The quantitative estimate of drug-likeness (QED) is 0.210. The fourth-order valence-corrected chi connectivity index (χ4v) is 5.44. The molecule has 3 amide bonds. The van der Waals surface area contributed by atoms with E-state index in [-0.39, 0.29) is 26.3 Å². The van der Waals surface area contributed by atoms with E-state index in [1.54, 1.807) is 20.8 Å². The number of carbonyl (C=O) groups is 4. The summed E-state index contributed by atoms with van der Waals surface area (Å²) in [6.07, 6.45) is 0.986. The minimum absolute atomic E-state index is 0.0149. The molecule has 0 saturated carbocycles. The maximum absolute atomic E-state index is 13.2. The third-order valence-corrected chi connectivity index (χ3v) is 8.14. The first kappa shape index (κ1) is 36.1. The van der Waals surface area contributed by atoms with Crippen molar-refractivity contribution in [1.82, 2.24) is 15.5 Å². The third kappa shape index (κ3) is 10.4. The van der Waals surface area contributed by atoms with Gasteiger partial charge in [-0.2, -0.15) is 12.8 Å². The van der Waals surface area contributed by atoms with Crippen LogP contribution in [0.1, 0.15) is 44.0 Å². The molecule has 0 aliphatic carbocycles. The van der Waals surface area contributed by atoms with Crippen LogP contribution in [-0.4, -0.2) is 79.9 Å². The summed E-state index contributed by atoms with van der Waals surface area (Å²) >= 11 is 12.3. The number of carboxylic acids is 1. The highest BCUT2D eigenvalue weighted by Crippen LogP contribution is 2.25. The normalized spacial score (nSPS) is 14.8. The summed E-state index contributed by atoms with van der Waals surface area (Å²) in [5, 5.41) is 13.8. The zero-order chi connectivity index (χ0) is 34.2. The number of amides is 3. The largest absolute Gasteiger partial charge is 0.482 e. The van der Waals surface area contributed by atoms with Crippen molar-refractivity contribution in [3.05, 3.63) is 69.5 Å². The Hall–Kier alpha value is -4.34. The fourth-order valence-electron chi connectivity index (χ4n) is 4.02. The Bertz CT molecular complexity index is 1630. The second-order valence-corrected chi connectivity index (χ2v) is 13.4. The van der Waals surface area contributed by atoms with Crippen molar-refractivity contribution in [2.75, 3.05) is 19.7 Å². The number of carbonyl (C=O) groups excluding carboxylic acids is 3. The van der Waals surface area contributed by atoms with Crippen LogP contribution in [0.5, 0.6) is 5.75 Å². The number of nitrogens with two attached hydrogens (primary N) is 1. The summed E-state index contributed by atoms with van der Waals surface area (Å²) in [6.45, 7) is 5.25. The van der Waals surface area contributed by atoms with Gasteiger partial charge in [0.25, 0.3) is 21.8 Å². The van der Waals surface area contributed by atoms with Crippen molar-refractivity contribution in [2.45, 2.75) is 50.2 Å². The van der Waals surface area contributed by atoms with Crippen molar-refractivity contribution in [2.24, 2.45) is 10.1 Å². The van der Waals surface area contributed by atoms with E-state index in [9.17, 15) is 27.6 Å². The zero-order valence-electron chi connectivity index (χ0n) is 25.1. The first-order valence-electron chi connectivity index (χ1n) is 13.8. The number of hydrogen-bond donors (Lipinski definition) is 4. The fraction of sp³-hybridized carbons (Fsp3) is 0.345. The van der Waals surface area contributed by atoms with Crippen LogP contribution in [-0.2, 0) is 24.3 Å². The number of halogens is 2. The minimum atomic E-state index is -4.41. The van der Waals surface area contributed by atoms with Gasteiger partial charge >= 0.3 is 12.1 Å². The van der Waals surface area contributed by atoms with Gasteiger partial charge in [0, 0.05) is 19.1 Å². The molecule has 1 saturated heterocycles. The van der Waals surface area contributed by atoms with E-state index in [1.807, 2.05) is 0 Å². The smallest absolute Gasteiger partial charge is 0.410 e. The second kappa shape index (κ2) is 15.3. The molecule has 2 aromatic rings. The van der Waals surface area contributed by atoms with Gasteiger partial charge in [0.15, 0.2) is 6.61 Å². The lowest BCUT2D eigenvalue weighted by Gasteiger charge is -2.33. The number of aliphatic carboxylic acids is 1. The van der Waals surface area contributed by atoms with Crippen LogP contribution >= 0.6 is 23.2 Å². The lowest BCUT2D eigenvalue weighted by atomic mass is 10.1. The molecule has 0 radical (unpaired) electrons. The van der Waals surface area contributed by atoms with E-state index in [0.29, 0.717) is 32.1 Å². The summed E-state index contributed by atoms with van der Waals surface area (Å²) in [5.41, 5.74) is 4.28. The lowest BCUT2D eigenvalue weighted by molar-refractivity contribution is -0.139. The van der Waals surface area contributed by atoms with Crippen molar-refractivity contribution >= 4 is 63.3 Å². The molecule has 1 aliphatic heterocycles. The highest BCUT2D eigenvalue weighted by atomic mass is 35.5. The molecular formula is C29H33Cl2N5O9S. The van der Waals surface area contributed by atoms with Crippen molar-refractivity contribution in [3.8, 4) is 5.75 Å². The van der Waals surface area contributed by atoms with Crippen LogP contribution < -0.4 is 21.1 Å². The number of hydrogen-bond acceptors (Lipinski definition) is 9. The molecule has 1 fully saturated rings. The molecule has 17 heteroatoms. The summed E-state index contributed by atoms with van der Waals surface area (Å²) < 4.78 is 39.9. The molecule has 2 aromatic carbocycles. The molecule has 0 spiro atoms. The monoisotopic (exact) mass is 697 g/mol. The molecule has 0 bridgehead atoms. The molecule has 1 heterocycles. The minimum Gasteiger partial charge on any atom is -0.482 e. The number of benzene rings is 2. The number of carboxylic acid groups (broad SMARTS) is 1. The van der Waals surface area contributed by atoms with Gasteiger partial charge in [0.05, 0.1) is 32.4 Å². The van der Waals surface area contributed by atoms with Gasteiger partial charge in [-0.15, -0.1) is 0 Å². The zero-order valence-corrected chi connectivity index (χ0v) is 27.4. The van der Waals surface area contributed by atoms with Crippen LogP contribution in [0.3, 0.4) is 0 Å². The number of likely N-dealkylation sites (tertiary alicyclic amines) is 1. The van der Waals surface area contributed by atoms with Crippen molar-refractivity contribution < 1.29 is 42.2 Å². The predicted molar refractivity (Wildman–Crippen MR) is 169 cm³/mol. The number of rotatable bonds is 10. The topological polar surface area (TPSA) is 207 Å². The first-order chi connectivity index (χ1) is 21.5. The van der Waals surface area contributed by atoms with E-state index in [4.69, 9.17) is 43.5 Å². The highest BCUT2D eigenvalue weighted by Gasteiger charge is 2.28. The summed E-state index contributed by atoms with van der Waals surface area (Å²) in [6, 6.07) is 8.67. The van der Waals surface area contributed by atoms with E-state index in [2.05, 4.69) is 15.0 Å². The number of nitrogens with zero attached hydrogens (tertiary/aromatic N) is 2. The number of ether oxygens (including phenoxy) is 2. The van der Waals surface area contributed by atoms with Crippen LogP contribution in [0.2, 0.25) is 10.0 Å². The molecule has 46 heavy (non-hydrogen) atoms.